The third-order valence-corrected chi connectivity index (χ3v) is 6.96. The van der Waals surface area contributed by atoms with Gasteiger partial charge >= 0.3 is 6.36 Å². The van der Waals surface area contributed by atoms with Crippen LogP contribution in [0.5, 0.6) is 5.75 Å². The van der Waals surface area contributed by atoms with Crippen LogP contribution in [0.3, 0.4) is 0 Å². The zero-order valence-electron chi connectivity index (χ0n) is 20.5. The average molecular weight is 499 g/mol. The van der Waals surface area contributed by atoms with Crippen molar-refractivity contribution >= 4 is 23.2 Å². The maximum atomic E-state index is 13.9. The van der Waals surface area contributed by atoms with Crippen LogP contribution in [-0.2, 0) is 20.5 Å². The van der Waals surface area contributed by atoms with Crippen molar-refractivity contribution in [1.82, 2.24) is 4.57 Å². The van der Waals surface area contributed by atoms with Crippen LogP contribution in [0, 0.1) is 16.7 Å². The number of hydrogen-bond acceptors (Lipinski definition) is 5. The van der Waals surface area contributed by atoms with Gasteiger partial charge < -0.3 is 19.9 Å². The number of nitrogens with one attached hydrogen (secondary N) is 2. The van der Waals surface area contributed by atoms with Crippen LogP contribution >= 0.6 is 0 Å². The number of anilines is 2. The van der Waals surface area contributed by atoms with Crippen molar-refractivity contribution in [3.63, 3.8) is 0 Å². The SMILES string of the molecule is CC1(C)CC(=O)C2=C(C1)Nc1c(c(C#N)cn1C(C)(C)C)[C@@]21C(=O)Nc2ccc(OC(F)(F)F)cc21. The highest BCUT2D eigenvalue weighted by Crippen LogP contribution is 2.59. The fourth-order valence-electron chi connectivity index (χ4n) is 5.73. The first kappa shape index (κ1) is 24.0. The molecule has 1 aromatic heterocycles. The molecule has 36 heavy (non-hydrogen) atoms. The summed E-state index contributed by atoms with van der Waals surface area (Å²) in [6.07, 6.45) is -2.74. The van der Waals surface area contributed by atoms with Crippen LogP contribution in [0.25, 0.3) is 0 Å². The van der Waals surface area contributed by atoms with Gasteiger partial charge in [0.15, 0.2) is 5.78 Å². The molecule has 0 bridgehead atoms. The Morgan fingerprint density at radius 2 is 1.81 bits per heavy atom. The van der Waals surface area contributed by atoms with Crippen LogP contribution in [0.1, 0.15) is 64.2 Å². The number of rotatable bonds is 1. The Balaban J connectivity index is 1.90. The molecular weight excluding hydrogens is 473 g/mol. The summed E-state index contributed by atoms with van der Waals surface area (Å²) in [5.74, 6) is -0.935. The van der Waals surface area contributed by atoms with Gasteiger partial charge in [-0.2, -0.15) is 5.26 Å². The van der Waals surface area contributed by atoms with E-state index >= 15 is 0 Å². The number of allylic oxidation sites excluding steroid dienone is 1. The molecule has 7 nitrogen and oxygen atoms in total. The first-order chi connectivity index (χ1) is 16.6. The molecule has 188 valence electrons. The summed E-state index contributed by atoms with van der Waals surface area (Å²) in [5, 5.41) is 16.2. The van der Waals surface area contributed by atoms with Crippen molar-refractivity contribution in [1.29, 1.82) is 5.26 Å². The Morgan fingerprint density at radius 3 is 2.42 bits per heavy atom. The van der Waals surface area contributed by atoms with E-state index in [-0.39, 0.29) is 40.2 Å². The lowest BCUT2D eigenvalue weighted by molar-refractivity contribution is -0.274. The Kier molecular flexibility index (Phi) is 4.76. The van der Waals surface area contributed by atoms with Gasteiger partial charge in [-0.05, 0) is 50.8 Å². The molecule has 0 saturated heterocycles. The number of benzene rings is 1. The van der Waals surface area contributed by atoms with Gasteiger partial charge in [0, 0.05) is 46.2 Å². The Bertz CT molecular complexity index is 1420. The third kappa shape index (κ3) is 3.33. The summed E-state index contributed by atoms with van der Waals surface area (Å²) < 4.78 is 45.3. The summed E-state index contributed by atoms with van der Waals surface area (Å²) in [5.41, 5.74) is -1.20. The largest absolute Gasteiger partial charge is 0.573 e. The van der Waals surface area contributed by atoms with Crippen LogP contribution in [0.15, 0.2) is 35.7 Å². The standard InChI is InChI=1S/C26H25F3N4O3/c1-23(2,3)33-12-13(11-30)19-21(33)31-17-9-24(4,5)10-18(34)20(17)25(19)15-8-14(36-26(27,28)29)6-7-16(15)32-22(25)35/h6-8,12,31H,9-10H2,1-5H3,(H,32,35)/t25-/m1/s1. The maximum absolute atomic E-state index is 13.9. The van der Waals surface area contributed by atoms with Crippen molar-refractivity contribution in [2.45, 2.75) is 64.8 Å². The van der Waals surface area contributed by atoms with Crippen molar-refractivity contribution in [3.8, 4) is 11.8 Å². The summed E-state index contributed by atoms with van der Waals surface area (Å²) >= 11 is 0. The highest BCUT2D eigenvalue weighted by molar-refractivity contribution is 6.20. The second kappa shape index (κ2) is 7.15. The first-order valence-electron chi connectivity index (χ1n) is 11.5. The van der Waals surface area contributed by atoms with E-state index in [0.29, 0.717) is 17.9 Å². The third-order valence-electron chi connectivity index (χ3n) is 6.96. The highest BCUT2D eigenvalue weighted by atomic mass is 19.4. The van der Waals surface area contributed by atoms with Crippen LogP contribution in [0.2, 0.25) is 0 Å². The van der Waals surface area contributed by atoms with Gasteiger partial charge in [-0.15, -0.1) is 13.2 Å². The molecule has 0 fully saturated rings. The van der Waals surface area contributed by atoms with Gasteiger partial charge in [0.1, 0.15) is 23.1 Å². The first-order valence-corrected chi connectivity index (χ1v) is 11.5. The molecule has 3 heterocycles. The fraction of sp³-hybridized carbons (Fsp3) is 0.423. The lowest BCUT2D eigenvalue weighted by Crippen LogP contribution is -2.48. The number of fused-ring (bicyclic) bond motifs is 5. The molecule has 10 heteroatoms. The number of nitrogens with zero attached hydrogens (tertiary/aromatic N) is 2. The molecule has 1 aliphatic carbocycles. The lowest BCUT2D eigenvalue weighted by Gasteiger charge is -2.43. The molecule has 3 aliphatic rings. The van der Waals surface area contributed by atoms with E-state index in [1.165, 1.54) is 6.07 Å². The summed E-state index contributed by atoms with van der Waals surface area (Å²) in [6.45, 7) is 9.68. The van der Waals surface area contributed by atoms with E-state index in [1.807, 2.05) is 39.2 Å². The molecule has 1 aromatic carbocycles. The quantitative estimate of drug-likeness (QED) is 0.555. The van der Waals surface area contributed by atoms with Crippen LogP contribution in [0.4, 0.5) is 24.7 Å². The van der Waals surface area contributed by atoms with E-state index in [9.17, 15) is 28.0 Å². The molecule has 2 aromatic rings. The average Bonchev–Trinajstić information content (AvgIpc) is 3.22. The van der Waals surface area contributed by atoms with Crippen LogP contribution in [-0.4, -0.2) is 22.6 Å². The highest BCUT2D eigenvalue weighted by Gasteiger charge is 2.60. The van der Waals surface area contributed by atoms with E-state index in [1.54, 1.807) is 6.20 Å². The monoisotopic (exact) mass is 498 g/mol. The number of alkyl halides is 3. The molecule has 0 radical (unpaired) electrons. The van der Waals surface area contributed by atoms with E-state index in [0.717, 1.165) is 12.1 Å². The number of halogens is 3. The van der Waals surface area contributed by atoms with E-state index < -0.39 is 34.4 Å². The maximum Gasteiger partial charge on any atom is 0.573 e. The molecule has 2 aliphatic heterocycles. The Hall–Kier alpha value is -3.74. The molecular formula is C26H25F3N4O3. The summed E-state index contributed by atoms with van der Waals surface area (Å²) in [6, 6.07) is 5.73. The number of carbonyl (C=O) groups excluding carboxylic acids is 2. The zero-order valence-corrected chi connectivity index (χ0v) is 20.5. The Morgan fingerprint density at radius 1 is 1.11 bits per heavy atom. The van der Waals surface area contributed by atoms with Crippen molar-refractivity contribution in [2.75, 3.05) is 10.6 Å². The van der Waals surface area contributed by atoms with Gasteiger partial charge in [-0.3, -0.25) is 9.59 Å². The van der Waals surface area contributed by atoms with Gasteiger partial charge in [0.25, 0.3) is 0 Å². The van der Waals surface area contributed by atoms with Gasteiger partial charge in [-0.1, -0.05) is 13.8 Å². The lowest BCUT2D eigenvalue weighted by atomic mass is 9.61. The number of nitriles is 1. The van der Waals surface area contributed by atoms with Gasteiger partial charge in [0.05, 0.1) is 5.56 Å². The van der Waals surface area contributed by atoms with Gasteiger partial charge in [0.2, 0.25) is 5.91 Å². The predicted octanol–water partition coefficient (Wildman–Crippen LogP) is 5.32. The number of aromatic nitrogens is 1. The molecule has 1 amide bonds. The summed E-state index contributed by atoms with van der Waals surface area (Å²) in [4.78, 5) is 27.7. The molecule has 1 atom stereocenters. The number of amides is 1. The minimum atomic E-state index is -4.95. The topological polar surface area (TPSA) is 96.2 Å². The zero-order chi connectivity index (χ0) is 26.4. The van der Waals surface area contributed by atoms with Crippen molar-refractivity contribution < 1.29 is 27.5 Å². The van der Waals surface area contributed by atoms with Crippen molar-refractivity contribution in [2.24, 2.45) is 5.41 Å². The molecule has 0 unspecified atom stereocenters. The molecule has 1 spiro atoms. The second-order valence-electron chi connectivity index (χ2n) is 11.3. The van der Waals surface area contributed by atoms with Crippen molar-refractivity contribution in [3.05, 3.63) is 52.4 Å². The molecule has 0 saturated carbocycles. The minimum absolute atomic E-state index is 0.147. The number of ether oxygens (including phenoxy) is 1. The fourth-order valence-corrected chi connectivity index (χ4v) is 5.73. The van der Waals surface area contributed by atoms with E-state index in [2.05, 4.69) is 21.4 Å². The molecule has 2 N–H and O–H groups in total. The van der Waals surface area contributed by atoms with Gasteiger partial charge in [-0.25, -0.2) is 0 Å². The molecule has 5 rings (SSSR count). The number of hydrogen-bond donors (Lipinski definition) is 2. The normalized spacial score (nSPS) is 22.4. The summed E-state index contributed by atoms with van der Waals surface area (Å²) in [7, 11) is 0. The second-order valence-corrected chi connectivity index (χ2v) is 11.3. The van der Waals surface area contributed by atoms with Crippen LogP contribution < -0.4 is 15.4 Å². The smallest absolute Gasteiger partial charge is 0.406 e. The number of carbonyl (C=O) groups is 2. The number of ketones is 1. The minimum Gasteiger partial charge on any atom is -0.406 e. The predicted molar refractivity (Wildman–Crippen MR) is 125 cm³/mol. The Labute approximate surface area is 205 Å². The van der Waals surface area contributed by atoms with E-state index in [4.69, 9.17) is 0 Å². The number of Topliss-reactive ketones (excluding diaryl/α,β-unsaturated/α-hetero) is 1.